The van der Waals surface area contributed by atoms with Crippen LogP contribution in [0.4, 0.5) is 5.69 Å². The van der Waals surface area contributed by atoms with Crippen molar-refractivity contribution in [2.45, 2.75) is 13.8 Å². The van der Waals surface area contributed by atoms with E-state index in [0.29, 0.717) is 22.8 Å². The molecule has 0 aliphatic heterocycles. The number of rotatable bonds is 7. The molecule has 0 saturated heterocycles. The molecule has 0 radical (unpaired) electrons. The van der Waals surface area contributed by atoms with Crippen LogP contribution in [0.15, 0.2) is 64.1 Å². The van der Waals surface area contributed by atoms with Crippen molar-refractivity contribution in [2.24, 2.45) is 5.10 Å². The Balaban J connectivity index is 1.53. The molecular weight excluding hydrogens is 374 g/mol. The number of aryl methyl sites for hydroxylation is 2. The van der Waals surface area contributed by atoms with Crippen molar-refractivity contribution < 1.29 is 18.9 Å². The number of benzene rings is 2. The zero-order valence-corrected chi connectivity index (χ0v) is 15.9. The van der Waals surface area contributed by atoms with Crippen LogP contribution in [-0.4, -0.2) is 23.7 Å². The van der Waals surface area contributed by atoms with Gasteiger partial charge in [-0.15, -0.1) is 0 Å². The first kappa shape index (κ1) is 19.8. The molecule has 8 nitrogen and oxygen atoms in total. The van der Waals surface area contributed by atoms with Crippen LogP contribution in [-0.2, 0) is 4.79 Å². The molecule has 3 rings (SSSR count). The van der Waals surface area contributed by atoms with Crippen molar-refractivity contribution in [3.63, 3.8) is 0 Å². The highest BCUT2D eigenvalue weighted by Crippen LogP contribution is 2.24. The third kappa shape index (κ3) is 5.29. The van der Waals surface area contributed by atoms with E-state index >= 15 is 0 Å². The summed E-state index contributed by atoms with van der Waals surface area (Å²) in [6.07, 6.45) is 1.37. The number of non-ortho nitro benzene ring substituents is 1. The second-order valence-corrected chi connectivity index (χ2v) is 6.36. The normalized spacial score (nSPS) is 10.8. The summed E-state index contributed by atoms with van der Waals surface area (Å²) in [5.74, 6) is 1.22. The quantitative estimate of drug-likeness (QED) is 0.371. The van der Waals surface area contributed by atoms with Gasteiger partial charge in [0.25, 0.3) is 11.6 Å². The Morgan fingerprint density at radius 3 is 2.66 bits per heavy atom. The van der Waals surface area contributed by atoms with Gasteiger partial charge in [-0.2, -0.15) is 5.10 Å². The molecule has 1 N–H and O–H groups in total. The van der Waals surface area contributed by atoms with Gasteiger partial charge in [-0.05, 0) is 55.3 Å². The number of carbonyl (C=O) groups excluding carboxylic acids is 1. The Hall–Kier alpha value is -3.94. The first-order valence-corrected chi connectivity index (χ1v) is 8.79. The Labute approximate surface area is 167 Å². The fourth-order valence-corrected chi connectivity index (χ4v) is 2.53. The highest BCUT2D eigenvalue weighted by Gasteiger charge is 2.08. The van der Waals surface area contributed by atoms with Crippen LogP contribution in [0.25, 0.3) is 11.3 Å². The molecule has 148 valence electrons. The lowest BCUT2D eigenvalue weighted by Gasteiger charge is -2.08. The van der Waals surface area contributed by atoms with E-state index in [1.807, 2.05) is 32.0 Å². The average Bonchev–Trinajstić information content (AvgIpc) is 3.17. The van der Waals surface area contributed by atoms with Crippen LogP contribution in [0.1, 0.15) is 16.9 Å². The molecule has 0 aliphatic rings. The fourth-order valence-electron chi connectivity index (χ4n) is 2.53. The number of nitro groups is 1. The van der Waals surface area contributed by atoms with Gasteiger partial charge in [0, 0.05) is 17.7 Å². The Morgan fingerprint density at radius 1 is 1.17 bits per heavy atom. The minimum Gasteiger partial charge on any atom is -0.483 e. The van der Waals surface area contributed by atoms with Crippen LogP contribution >= 0.6 is 0 Å². The molecule has 0 spiro atoms. The van der Waals surface area contributed by atoms with E-state index < -0.39 is 10.8 Å². The van der Waals surface area contributed by atoms with E-state index in [-0.39, 0.29) is 12.3 Å². The molecule has 0 atom stereocenters. The molecule has 2 aromatic carbocycles. The van der Waals surface area contributed by atoms with E-state index in [2.05, 4.69) is 10.5 Å². The van der Waals surface area contributed by atoms with Gasteiger partial charge in [-0.25, -0.2) is 5.43 Å². The topological polar surface area (TPSA) is 107 Å². The molecule has 1 amide bonds. The Bertz CT molecular complexity index is 1050. The number of carbonyl (C=O) groups is 1. The second kappa shape index (κ2) is 8.83. The molecule has 3 aromatic rings. The zero-order chi connectivity index (χ0) is 20.8. The van der Waals surface area contributed by atoms with E-state index in [1.165, 1.54) is 18.3 Å². The predicted molar refractivity (Wildman–Crippen MR) is 108 cm³/mol. The molecule has 1 heterocycles. The Morgan fingerprint density at radius 2 is 1.93 bits per heavy atom. The van der Waals surface area contributed by atoms with Crippen LogP contribution in [0.5, 0.6) is 5.75 Å². The molecule has 0 saturated carbocycles. The lowest BCUT2D eigenvalue weighted by molar-refractivity contribution is -0.384. The summed E-state index contributed by atoms with van der Waals surface area (Å²) < 4.78 is 11.1. The maximum atomic E-state index is 11.9. The monoisotopic (exact) mass is 393 g/mol. The number of hydrazone groups is 1. The van der Waals surface area contributed by atoms with Gasteiger partial charge in [-0.1, -0.05) is 12.1 Å². The molecule has 1 aromatic heterocycles. The van der Waals surface area contributed by atoms with Crippen molar-refractivity contribution in [1.82, 2.24) is 5.43 Å². The third-order valence-electron chi connectivity index (χ3n) is 4.07. The average molecular weight is 393 g/mol. The van der Waals surface area contributed by atoms with Crippen LogP contribution in [0.2, 0.25) is 0 Å². The standard InChI is InChI=1S/C21H19N3O5/c1-14-3-4-15(2)20(11-14)28-13-21(25)23-22-12-18-9-10-19(29-18)16-5-7-17(8-6-16)24(26)27/h3-12H,13H2,1-2H3,(H,23,25)/b22-12-. The number of nitrogens with zero attached hydrogens (tertiary/aromatic N) is 2. The zero-order valence-electron chi connectivity index (χ0n) is 15.9. The van der Waals surface area contributed by atoms with Gasteiger partial charge in [0.2, 0.25) is 0 Å². The van der Waals surface area contributed by atoms with Gasteiger partial charge in [0.15, 0.2) is 6.61 Å². The van der Waals surface area contributed by atoms with Gasteiger partial charge in [-0.3, -0.25) is 14.9 Å². The van der Waals surface area contributed by atoms with Crippen molar-refractivity contribution in [2.75, 3.05) is 6.61 Å². The van der Waals surface area contributed by atoms with E-state index in [1.54, 1.807) is 24.3 Å². The van der Waals surface area contributed by atoms with Crippen molar-refractivity contribution >= 4 is 17.8 Å². The lowest BCUT2D eigenvalue weighted by Crippen LogP contribution is -2.24. The molecule has 0 fully saturated rings. The van der Waals surface area contributed by atoms with Crippen molar-refractivity contribution in [1.29, 1.82) is 0 Å². The summed E-state index contributed by atoms with van der Waals surface area (Å²) in [6, 6.07) is 15.2. The summed E-state index contributed by atoms with van der Waals surface area (Å²) in [5, 5.41) is 14.6. The van der Waals surface area contributed by atoms with Gasteiger partial charge >= 0.3 is 0 Å². The van der Waals surface area contributed by atoms with E-state index in [4.69, 9.17) is 9.15 Å². The second-order valence-electron chi connectivity index (χ2n) is 6.36. The number of hydrogen-bond donors (Lipinski definition) is 1. The maximum absolute atomic E-state index is 11.9. The minimum atomic E-state index is -0.462. The predicted octanol–water partition coefficient (Wildman–Crippen LogP) is 4.00. The molecular formula is C21H19N3O5. The number of nitrogens with one attached hydrogen (secondary N) is 1. The molecule has 8 heteroatoms. The highest BCUT2D eigenvalue weighted by molar-refractivity contribution is 5.81. The lowest BCUT2D eigenvalue weighted by atomic mass is 10.1. The smallest absolute Gasteiger partial charge is 0.277 e. The molecule has 0 unspecified atom stereocenters. The van der Waals surface area contributed by atoms with Crippen LogP contribution < -0.4 is 10.2 Å². The molecule has 0 aliphatic carbocycles. The number of hydrogen-bond acceptors (Lipinski definition) is 6. The van der Waals surface area contributed by atoms with Crippen LogP contribution in [0.3, 0.4) is 0 Å². The summed E-state index contributed by atoms with van der Waals surface area (Å²) in [4.78, 5) is 22.1. The van der Waals surface area contributed by atoms with Crippen molar-refractivity contribution in [3.05, 3.63) is 81.6 Å². The van der Waals surface area contributed by atoms with Gasteiger partial charge < -0.3 is 9.15 Å². The fraction of sp³-hybridized carbons (Fsp3) is 0.143. The summed E-state index contributed by atoms with van der Waals surface area (Å²) >= 11 is 0. The van der Waals surface area contributed by atoms with Gasteiger partial charge in [0.05, 0.1) is 11.1 Å². The number of furan rings is 1. The minimum absolute atomic E-state index is 0.00730. The number of nitro benzene ring substituents is 1. The van der Waals surface area contributed by atoms with Gasteiger partial charge in [0.1, 0.15) is 17.3 Å². The largest absolute Gasteiger partial charge is 0.483 e. The van der Waals surface area contributed by atoms with Crippen LogP contribution in [0, 0.1) is 24.0 Å². The molecule has 29 heavy (non-hydrogen) atoms. The first-order chi connectivity index (χ1) is 13.9. The Kier molecular flexibility index (Phi) is 6.03. The first-order valence-electron chi connectivity index (χ1n) is 8.79. The van der Waals surface area contributed by atoms with Crippen molar-refractivity contribution in [3.8, 4) is 17.1 Å². The number of ether oxygens (including phenoxy) is 1. The molecule has 0 bridgehead atoms. The summed E-state index contributed by atoms with van der Waals surface area (Å²) in [7, 11) is 0. The summed E-state index contributed by atoms with van der Waals surface area (Å²) in [5.41, 5.74) is 5.07. The summed E-state index contributed by atoms with van der Waals surface area (Å²) in [6.45, 7) is 3.70. The van der Waals surface area contributed by atoms with E-state index in [9.17, 15) is 14.9 Å². The third-order valence-corrected chi connectivity index (χ3v) is 4.07. The SMILES string of the molecule is Cc1ccc(C)c(OCC(=O)N/N=C\c2ccc(-c3ccc([N+](=O)[O-])cc3)o2)c1. The highest BCUT2D eigenvalue weighted by atomic mass is 16.6. The number of amides is 1. The van der Waals surface area contributed by atoms with E-state index in [0.717, 1.165) is 11.1 Å². The maximum Gasteiger partial charge on any atom is 0.277 e.